The van der Waals surface area contributed by atoms with Gasteiger partial charge in [-0.1, -0.05) is 101 Å². The molecule has 2 aromatic rings. The summed E-state index contributed by atoms with van der Waals surface area (Å²) >= 11 is 0. The van der Waals surface area contributed by atoms with Crippen LogP contribution in [0.1, 0.15) is 89.5 Å². The second-order valence-corrected chi connectivity index (χ2v) is 7.80. The molecule has 0 atom stereocenters. The van der Waals surface area contributed by atoms with E-state index in [1.807, 2.05) is 30.3 Å². The first-order valence-electron chi connectivity index (χ1n) is 11.2. The Morgan fingerprint density at radius 1 is 0.897 bits per heavy atom. The molecule has 0 aromatic heterocycles. The summed E-state index contributed by atoms with van der Waals surface area (Å²) in [5, 5.41) is 16.1. The molecule has 2 rings (SSSR count). The third-order valence-corrected chi connectivity index (χ3v) is 5.34. The van der Waals surface area contributed by atoms with E-state index in [0.717, 1.165) is 23.6 Å². The van der Waals surface area contributed by atoms with Gasteiger partial charge < -0.3 is 5.11 Å². The van der Waals surface area contributed by atoms with Gasteiger partial charge in [-0.25, -0.2) is 5.43 Å². The summed E-state index contributed by atoms with van der Waals surface area (Å²) in [6, 6.07) is 11.3. The van der Waals surface area contributed by atoms with Crippen LogP contribution >= 0.6 is 0 Å². The first-order chi connectivity index (χ1) is 14.2. The number of carbonyl (C=O) groups excluding carboxylic acids is 1. The predicted octanol–water partition coefficient (Wildman–Crippen LogP) is 6.70. The monoisotopic (exact) mass is 396 g/mol. The minimum absolute atomic E-state index is 0.0723. The molecule has 0 saturated heterocycles. The molecule has 0 fully saturated rings. The summed E-state index contributed by atoms with van der Waals surface area (Å²) in [7, 11) is 0. The first-order valence-corrected chi connectivity index (χ1v) is 11.2. The molecular weight excluding hydrogens is 360 g/mol. The normalized spacial score (nSPS) is 11.3. The van der Waals surface area contributed by atoms with Crippen LogP contribution in [0.2, 0.25) is 0 Å². The fourth-order valence-corrected chi connectivity index (χ4v) is 3.59. The number of unbranched alkanes of at least 4 members (excludes halogenated alkanes) is 10. The van der Waals surface area contributed by atoms with Crippen LogP contribution in [0.4, 0.5) is 0 Å². The largest absolute Gasteiger partial charge is 0.507 e. The highest BCUT2D eigenvalue weighted by Gasteiger charge is 2.05. The van der Waals surface area contributed by atoms with Crippen molar-refractivity contribution in [2.24, 2.45) is 5.10 Å². The summed E-state index contributed by atoms with van der Waals surface area (Å²) < 4.78 is 0. The van der Waals surface area contributed by atoms with Crippen molar-refractivity contribution in [2.45, 2.75) is 84.0 Å². The van der Waals surface area contributed by atoms with E-state index in [0.29, 0.717) is 12.0 Å². The molecule has 0 unspecified atom stereocenters. The second kappa shape index (κ2) is 13.8. The van der Waals surface area contributed by atoms with Crippen molar-refractivity contribution in [3.05, 3.63) is 42.0 Å². The topological polar surface area (TPSA) is 61.7 Å². The zero-order valence-electron chi connectivity index (χ0n) is 17.8. The highest BCUT2D eigenvalue weighted by molar-refractivity contribution is 6.02. The molecule has 0 aliphatic heterocycles. The molecule has 0 aliphatic carbocycles. The second-order valence-electron chi connectivity index (χ2n) is 7.80. The molecule has 4 nitrogen and oxygen atoms in total. The van der Waals surface area contributed by atoms with Crippen LogP contribution in [-0.2, 0) is 4.79 Å². The van der Waals surface area contributed by atoms with Crippen molar-refractivity contribution in [3.63, 3.8) is 0 Å². The highest BCUT2D eigenvalue weighted by Crippen LogP contribution is 2.25. The molecule has 29 heavy (non-hydrogen) atoms. The number of rotatable bonds is 14. The lowest BCUT2D eigenvalue weighted by atomic mass is 10.0. The molecule has 2 aromatic carbocycles. The summed E-state index contributed by atoms with van der Waals surface area (Å²) in [6.45, 7) is 2.25. The number of fused-ring (bicyclic) bond motifs is 1. The van der Waals surface area contributed by atoms with Gasteiger partial charge in [-0.05, 0) is 23.3 Å². The number of phenolic OH excluding ortho intramolecular Hbond substituents is 1. The molecule has 2 N–H and O–H groups in total. The van der Waals surface area contributed by atoms with Gasteiger partial charge in [0.1, 0.15) is 5.75 Å². The van der Waals surface area contributed by atoms with Crippen LogP contribution in [-0.4, -0.2) is 17.2 Å². The van der Waals surface area contributed by atoms with Crippen molar-refractivity contribution < 1.29 is 9.90 Å². The van der Waals surface area contributed by atoms with Gasteiger partial charge >= 0.3 is 0 Å². The van der Waals surface area contributed by atoms with Crippen molar-refractivity contribution >= 4 is 22.9 Å². The molecule has 0 aliphatic rings. The maximum absolute atomic E-state index is 12.0. The van der Waals surface area contributed by atoms with E-state index in [-0.39, 0.29) is 11.7 Å². The zero-order chi connectivity index (χ0) is 20.7. The Morgan fingerprint density at radius 3 is 2.21 bits per heavy atom. The lowest BCUT2D eigenvalue weighted by Gasteiger charge is -2.05. The molecule has 0 bridgehead atoms. The van der Waals surface area contributed by atoms with Crippen molar-refractivity contribution in [1.82, 2.24) is 5.43 Å². The smallest absolute Gasteiger partial charge is 0.240 e. The SMILES string of the molecule is CCCCCCCCCCCCCC(=O)NN=Cc1c(O)ccc2ccccc12. The van der Waals surface area contributed by atoms with Crippen molar-refractivity contribution in [3.8, 4) is 5.75 Å². The average molecular weight is 397 g/mol. The number of hydrogen-bond donors (Lipinski definition) is 2. The Bertz CT molecular complexity index is 771. The summed E-state index contributed by atoms with van der Waals surface area (Å²) in [6.07, 6.45) is 16.0. The number of carbonyl (C=O) groups is 1. The zero-order valence-corrected chi connectivity index (χ0v) is 17.8. The standard InChI is InChI=1S/C25H36N2O2/c1-2-3-4-5-6-7-8-9-10-11-12-17-25(29)27-26-20-23-22-16-14-13-15-21(22)18-19-24(23)28/h13-16,18-20,28H,2-12,17H2,1H3,(H,27,29). The maximum atomic E-state index is 12.0. The highest BCUT2D eigenvalue weighted by atomic mass is 16.3. The number of nitrogens with one attached hydrogen (secondary N) is 1. The molecule has 158 valence electrons. The van der Waals surface area contributed by atoms with Gasteiger partial charge in [0.25, 0.3) is 0 Å². The average Bonchev–Trinajstić information content (AvgIpc) is 2.73. The molecule has 4 heteroatoms. The van der Waals surface area contributed by atoms with Gasteiger partial charge in [-0.3, -0.25) is 4.79 Å². The van der Waals surface area contributed by atoms with Gasteiger partial charge in [-0.15, -0.1) is 0 Å². The van der Waals surface area contributed by atoms with E-state index in [1.54, 1.807) is 6.07 Å². The van der Waals surface area contributed by atoms with E-state index in [4.69, 9.17) is 0 Å². The van der Waals surface area contributed by atoms with Crippen LogP contribution in [0.5, 0.6) is 5.75 Å². The number of benzene rings is 2. The number of amides is 1. The maximum Gasteiger partial charge on any atom is 0.240 e. The Kier molecular flexibility index (Phi) is 10.9. The molecular formula is C25H36N2O2. The van der Waals surface area contributed by atoms with E-state index in [9.17, 15) is 9.90 Å². The van der Waals surface area contributed by atoms with Gasteiger partial charge in [0, 0.05) is 12.0 Å². The Balaban J connectivity index is 1.58. The molecule has 0 spiro atoms. The summed E-state index contributed by atoms with van der Waals surface area (Å²) in [4.78, 5) is 12.0. The van der Waals surface area contributed by atoms with Gasteiger partial charge in [0.15, 0.2) is 0 Å². The quantitative estimate of drug-likeness (QED) is 0.212. The van der Waals surface area contributed by atoms with Gasteiger partial charge in [0.05, 0.1) is 6.21 Å². The van der Waals surface area contributed by atoms with E-state index in [2.05, 4.69) is 17.5 Å². The van der Waals surface area contributed by atoms with Crippen molar-refractivity contribution in [2.75, 3.05) is 0 Å². The number of hydrogen-bond acceptors (Lipinski definition) is 3. The van der Waals surface area contributed by atoms with E-state index in [1.165, 1.54) is 64.0 Å². The van der Waals surface area contributed by atoms with Crippen LogP contribution in [0.15, 0.2) is 41.5 Å². The molecule has 1 amide bonds. The predicted molar refractivity (Wildman–Crippen MR) is 122 cm³/mol. The Hall–Kier alpha value is -2.36. The summed E-state index contributed by atoms with van der Waals surface area (Å²) in [5.74, 6) is 0.0870. The lowest BCUT2D eigenvalue weighted by molar-refractivity contribution is -0.121. The third-order valence-electron chi connectivity index (χ3n) is 5.34. The Morgan fingerprint density at radius 2 is 1.52 bits per heavy atom. The number of phenols is 1. The van der Waals surface area contributed by atoms with E-state index < -0.39 is 0 Å². The fraction of sp³-hybridized carbons (Fsp3) is 0.520. The third kappa shape index (κ3) is 8.68. The number of nitrogens with zero attached hydrogens (tertiary/aromatic N) is 1. The number of aromatic hydroxyl groups is 1. The van der Waals surface area contributed by atoms with Crippen LogP contribution in [0.3, 0.4) is 0 Å². The van der Waals surface area contributed by atoms with Crippen LogP contribution < -0.4 is 5.43 Å². The fourth-order valence-electron chi connectivity index (χ4n) is 3.59. The number of hydrazone groups is 1. The first kappa shape index (κ1) is 22.9. The lowest BCUT2D eigenvalue weighted by Crippen LogP contribution is -2.16. The van der Waals surface area contributed by atoms with Crippen molar-refractivity contribution in [1.29, 1.82) is 0 Å². The van der Waals surface area contributed by atoms with Gasteiger partial charge in [-0.2, -0.15) is 5.10 Å². The molecule has 0 radical (unpaired) electrons. The molecule has 0 saturated carbocycles. The van der Waals surface area contributed by atoms with E-state index >= 15 is 0 Å². The minimum atomic E-state index is -0.0723. The van der Waals surface area contributed by atoms with Crippen LogP contribution in [0.25, 0.3) is 10.8 Å². The summed E-state index contributed by atoms with van der Waals surface area (Å²) in [5.41, 5.74) is 3.20. The Labute approximate surface area is 175 Å². The van der Waals surface area contributed by atoms with Gasteiger partial charge in [0.2, 0.25) is 5.91 Å². The minimum Gasteiger partial charge on any atom is -0.507 e. The molecule has 0 heterocycles. The van der Waals surface area contributed by atoms with Crippen LogP contribution in [0, 0.1) is 0 Å².